The SMILES string of the molecule is CCCCOC(=O)C(C)Oc1ccc(Nc2ccc(C(F)(F)F)cc2[N+](=O)[O-])cc1. The maximum absolute atomic E-state index is 12.8. The lowest BCUT2D eigenvalue weighted by Crippen LogP contribution is -2.26. The normalized spacial score (nSPS) is 12.2. The van der Waals surface area contributed by atoms with E-state index in [4.69, 9.17) is 9.47 Å². The van der Waals surface area contributed by atoms with E-state index < -0.39 is 34.4 Å². The van der Waals surface area contributed by atoms with Crippen LogP contribution in [0.1, 0.15) is 32.3 Å². The molecule has 0 radical (unpaired) electrons. The van der Waals surface area contributed by atoms with E-state index in [0.717, 1.165) is 25.0 Å². The number of hydrogen-bond acceptors (Lipinski definition) is 6. The number of unbranched alkanes of at least 4 members (excludes halogenated alkanes) is 1. The lowest BCUT2D eigenvalue weighted by atomic mass is 10.1. The average molecular weight is 426 g/mol. The van der Waals surface area contributed by atoms with Crippen LogP contribution in [0.15, 0.2) is 42.5 Å². The van der Waals surface area contributed by atoms with Gasteiger partial charge in [0.1, 0.15) is 11.4 Å². The molecule has 0 fully saturated rings. The smallest absolute Gasteiger partial charge is 0.416 e. The fraction of sp³-hybridized carbons (Fsp3) is 0.350. The van der Waals surface area contributed by atoms with Gasteiger partial charge in [0.15, 0.2) is 6.10 Å². The molecule has 0 aromatic heterocycles. The molecule has 0 aliphatic rings. The lowest BCUT2D eigenvalue weighted by molar-refractivity contribution is -0.384. The number of halogens is 3. The Bertz CT molecular complexity index is 885. The fourth-order valence-electron chi connectivity index (χ4n) is 2.42. The zero-order valence-electron chi connectivity index (χ0n) is 16.4. The molecule has 0 amide bonds. The van der Waals surface area contributed by atoms with E-state index in [1.165, 1.54) is 24.3 Å². The number of nitro groups is 1. The molecule has 0 spiro atoms. The van der Waals surface area contributed by atoms with Crippen LogP contribution < -0.4 is 10.1 Å². The van der Waals surface area contributed by atoms with Crippen LogP contribution in [0.25, 0.3) is 0 Å². The number of nitrogens with one attached hydrogen (secondary N) is 1. The van der Waals surface area contributed by atoms with Crippen LogP contribution in [0, 0.1) is 10.1 Å². The quantitative estimate of drug-likeness (QED) is 0.248. The minimum absolute atomic E-state index is 0.0884. The highest BCUT2D eigenvalue weighted by atomic mass is 19.4. The van der Waals surface area contributed by atoms with Gasteiger partial charge in [-0.25, -0.2) is 4.79 Å². The van der Waals surface area contributed by atoms with Gasteiger partial charge in [-0.15, -0.1) is 0 Å². The summed E-state index contributed by atoms with van der Waals surface area (Å²) in [4.78, 5) is 22.1. The number of rotatable bonds is 9. The van der Waals surface area contributed by atoms with Crippen LogP contribution in [0.2, 0.25) is 0 Å². The van der Waals surface area contributed by atoms with Crippen LogP contribution in [-0.4, -0.2) is 23.6 Å². The molecule has 7 nitrogen and oxygen atoms in total. The number of alkyl halides is 3. The van der Waals surface area contributed by atoms with Crippen molar-refractivity contribution >= 4 is 23.0 Å². The second-order valence-electron chi connectivity index (χ2n) is 6.42. The number of nitrogens with zero attached hydrogens (tertiary/aromatic N) is 1. The molecule has 0 bridgehead atoms. The van der Waals surface area contributed by atoms with Gasteiger partial charge in [-0.3, -0.25) is 10.1 Å². The van der Waals surface area contributed by atoms with Gasteiger partial charge >= 0.3 is 12.1 Å². The van der Waals surface area contributed by atoms with Crippen molar-refractivity contribution in [3.8, 4) is 5.75 Å². The summed E-state index contributed by atoms with van der Waals surface area (Å²) in [7, 11) is 0. The van der Waals surface area contributed by atoms with E-state index in [1.54, 1.807) is 6.92 Å². The molecule has 10 heteroatoms. The standard InChI is InChI=1S/C20H21F3N2O5/c1-3-4-11-29-19(26)13(2)30-16-8-6-15(7-9-16)24-17-10-5-14(20(21,22)23)12-18(17)25(27)28/h5-10,12-13,24H,3-4,11H2,1-2H3. The van der Waals surface area contributed by atoms with Crippen molar-refractivity contribution in [3.05, 3.63) is 58.1 Å². The summed E-state index contributed by atoms with van der Waals surface area (Å²) in [5.41, 5.74) is -1.50. The molecule has 1 atom stereocenters. The fourth-order valence-corrected chi connectivity index (χ4v) is 2.42. The van der Waals surface area contributed by atoms with Crippen LogP contribution in [0.4, 0.5) is 30.2 Å². The number of carbonyl (C=O) groups is 1. The third kappa shape index (κ3) is 6.36. The largest absolute Gasteiger partial charge is 0.479 e. The lowest BCUT2D eigenvalue weighted by Gasteiger charge is -2.15. The first-order valence-corrected chi connectivity index (χ1v) is 9.17. The van der Waals surface area contributed by atoms with E-state index >= 15 is 0 Å². The van der Waals surface area contributed by atoms with Crippen LogP contribution in [-0.2, 0) is 15.7 Å². The molecular formula is C20H21F3N2O5. The second kappa shape index (κ2) is 9.95. The summed E-state index contributed by atoms with van der Waals surface area (Å²) in [5.74, 6) is -0.131. The minimum atomic E-state index is -4.68. The number of nitro benzene ring substituents is 1. The van der Waals surface area contributed by atoms with Gasteiger partial charge < -0.3 is 14.8 Å². The van der Waals surface area contributed by atoms with Gasteiger partial charge in [-0.05, 0) is 49.7 Å². The Balaban J connectivity index is 2.07. The number of carbonyl (C=O) groups excluding carboxylic acids is 1. The molecule has 1 N–H and O–H groups in total. The predicted octanol–water partition coefficient (Wildman–Crippen LogP) is 5.47. The second-order valence-corrected chi connectivity index (χ2v) is 6.42. The summed E-state index contributed by atoms with van der Waals surface area (Å²) >= 11 is 0. The molecule has 30 heavy (non-hydrogen) atoms. The minimum Gasteiger partial charge on any atom is -0.479 e. The first kappa shape index (κ1) is 23.0. The third-order valence-corrected chi connectivity index (χ3v) is 4.04. The molecule has 2 aromatic rings. The Labute approximate surface area is 170 Å². The van der Waals surface area contributed by atoms with E-state index in [1.807, 2.05) is 6.92 Å². The van der Waals surface area contributed by atoms with Crippen LogP contribution in [0.5, 0.6) is 5.75 Å². The van der Waals surface area contributed by atoms with Crippen molar-refractivity contribution in [2.45, 2.75) is 39.0 Å². The topological polar surface area (TPSA) is 90.7 Å². The van der Waals surface area contributed by atoms with E-state index in [0.29, 0.717) is 24.1 Å². The maximum atomic E-state index is 12.8. The summed E-state index contributed by atoms with van der Waals surface area (Å²) < 4.78 is 48.9. The Hall–Kier alpha value is -3.30. The van der Waals surface area contributed by atoms with Crippen molar-refractivity contribution in [1.29, 1.82) is 0 Å². The number of esters is 1. The summed E-state index contributed by atoms with van der Waals surface area (Å²) in [6.45, 7) is 3.84. The number of hydrogen-bond donors (Lipinski definition) is 1. The molecule has 2 rings (SSSR count). The van der Waals surface area contributed by atoms with Gasteiger partial charge in [-0.2, -0.15) is 13.2 Å². The zero-order chi connectivity index (χ0) is 22.3. The van der Waals surface area contributed by atoms with E-state index in [9.17, 15) is 28.1 Å². The molecule has 0 aliphatic carbocycles. The first-order valence-electron chi connectivity index (χ1n) is 9.17. The Morgan fingerprint density at radius 1 is 1.20 bits per heavy atom. The van der Waals surface area contributed by atoms with E-state index in [-0.39, 0.29) is 5.69 Å². The van der Waals surface area contributed by atoms with Crippen LogP contribution in [0.3, 0.4) is 0 Å². The van der Waals surface area contributed by atoms with Gasteiger partial charge in [0, 0.05) is 11.8 Å². The summed E-state index contributed by atoms with van der Waals surface area (Å²) in [5, 5.41) is 13.9. The Kier molecular flexibility index (Phi) is 7.62. The molecule has 2 aromatic carbocycles. The van der Waals surface area contributed by atoms with Gasteiger partial charge in [0.25, 0.3) is 5.69 Å². The molecular weight excluding hydrogens is 405 g/mol. The summed E-state index contributed by atoms with van der Waals surface area (Å²) in [6, 6.07) is 8.32. The highest BCUT2D eigenvalue weighted by molar-refractivity contribution is 5.74. The molecule has 0 saturated heterocycles. The van der Waals surface area contributed by atoms with Crippen molar-refractivity contribution in [2.75, 3.05) is 11.9 Å². The molecule has 1 unspecified atom stereocenters. The highest BCUT2D eigenvalue weighted by Gasteiger charge is 2.33. The van der Waals surface area contributed by atoms with Gasteiger partial charge in [-0.1, -0.05) is 13.3 Å². The van der Waals surface area contributed by atoms with E-state index in [2.05, 4.69) is 5.32 Å². The van der Waals surface area contributed by atoms with Crippen molar-refractivity contribution in [1.82, 2.24) is 0 Å². The molecule has 0 aliphatic heterocycles. The number of ether oxygens (including phenoxy) is 2. The molecule has 0 heterocycles. The monoisotopic (exact) mass is 426 g/mol. The third-order valence-electron chi connectivity index (χ3n) is 4.04. The Morgan fingerprint density at radius 3 is 2.43 bits per heavy atom. The van der Waals surface area contributed by atoms with Crippen molar-refractivity contribution in [3.63, 3.8) is 0 Å². The van der Waals surface area contributed by atoms with Crippen LogP contribution >= 0.6 is 0 Å². The highest BCUT2D eigenvalue weighted by Crippen LogP contribution is 2.36. The average Bonchev–Trinajstić information content (AvgIpc) is 2.68. The number of anilines is 2. The summed E-state index contributed by atoms with van der Waals surface area (Å²) in [6.07, 6.45) is -3.85. The predicted molar refractivity (Wildman–Crippen MR) is 104 cm³/mol. The molecule has 162 valence electrons. The van der Waals surface area contributed by atoms with Gasteiger partial charge in [0.05, 0.1) is 17.1 Å². The first-order chi connectivity index (χ1) is 14.1. The number of benzene rings is 2. The van der Waals surface area contributed by atoms with Crippen molar-refractivity contribution in [2.24, 2.45) is 0 Å². The zero-order valence-corrected chi connectivity index (χ0v) is 16.4. The van der Waals surface area contributed by atoms with Gasteiger partial charge in [0.2, 0.25) is 0 Å². The Morgan fingerprint density at radius 2 is 1.87 bits per heavy atom. The molecule has 0 saturated carbocycles. The maximum Gasteiger partial charge on any atom is 0.416 e. The van der Waals surface area contributed by atoms with Crippen molar-refractivity contribution < 1.29 is 32.4 Å².